The highest BCUT2D eigenvalue weighted by atomic mass is 79.9. The van der Waals surface area contributed by atoms with Crippen LogP contribution in [0.15, 0.2) is 22.9 Å². The molecule has 0 amide bonds. The van der Waals surface area contributed by atoms with E-state index in [1.807, 2.05) is 12.3 Å². The Labute approximate surface area is 76.7 Å². The molecule has 0 saturated carbocycles. The van der Waals surface area contributed by atoms with E-state index in [0.717, 1.165) is 15.4 Å². The van der Waals surface area contributed by atoms with E-state index < -0.39 is 0 Å². The molecule has 0 aliphatic heterocycles. The van der Waals surface area contributed by atoms with Crippen molar-refractivity contribution >= 4 is 38.4 Å². The molecule has 0 aliphatic carbocycles. The molecule has 2 nitrogen and oxygen atoms in total. The van der Waals surface area contributed by atoms with Gasteiger partial charge in [-0.25, -0.2) is 4.98 Å². The lowest BCUT2D eigenvalue weighted by Crippen LogP contribution is -1.77. The highest BCUT2D eigenvalue weighted by Gasteiger charge is 2.03. The molecule has 56 valence electrons. The van der Waals surface area contributed by atoms with E-state index in [1.165, 1.54) is 0 Å². The Bertz CT molecular complexity index is 360. The Morgan fingerprint density at radius 3 is 3.09 bits per heavy atom. The van der Waals surface area contributed by atoms with Crippen molar-refractivity contribution in [1.29, 1.82) is 0 Å². The minimum atomic E-state index is 0.532. The summed E-state index contributed by atoms with van der Waals surface area (Å²) >= 11 is 9.18. The number of aromatic nitrogens is 2. The maximum atomic E-state index is 5.82. The molecule has 0 aromatic carbocycles. The number of hydrogen-bond donors (Lipinski definition) is 1. The fourth-order valence-electron chi connectivity index (χ4n) is 0.986. The molecule has 0 spiro atoms. The molecule has 0 atom stereocenters. The van der Waals surface area contributed by atoms with E-state index in [4.69, 9.17) is 11.6 Å². The summed E-state index contributed by atoms with van der Waals surface area (Å²) in [5.74, 6) is 0. The quantitative estimate of drug-likeness (QED) is 0.694. The van der Waals surface area contributed by atoms with Gasteiger partial charge in [0, 0.05) is 17.8 Å². The molecule has 0 unspecified atom stereocenters. The molecule has 2 aromatic heterocycles. The van der Waals surface area contributed by atoms with Crippen LogP contribution in [0.5, 0.6) is 0 Å². The van der Waals surface area contributed by atoms with Gasteiger partial charge in [-0.3, -0.25) is 0 Å². The van der Waals surface area contributed by atoms with Crippen molar-refractivity contribution in [1.82, 2.24) is 9.97 Å². The fraction of sp³-hybridized carbons (Fsp3) is 0. The van der Waals surface area contributed by atoms with Gasteiger partial charge in [-0.1, -0.05) is 11.6 Å². The van der Waals surface area contributed by atoms with Crippen molar-refractivity contribution in [3.05, 3.63) is 28.1 Å². The van der Waals surface area contributed by atoms with E-state index >= 15 is 0 Å². The van der Waals surface area contributed by atoms with Crippen molar-refractivity contribution < 1.29 is 0 Å². The van der Waals surface area contributed by atoms with Gasteiger partial charge in [0.05, 0.1) is 9.99 Å². The van der Waals surface area contributed by atoms with Gasteiger partial charge in [0.1, 0.15) is 5.15 Å². The molecule has 0 aliphatic rings. The van der Waals surface area contributed by atoms with Crippen molar-refractivity contribution in [2.45, 2.75) is 0 Å². The van der Waals surface area contributed by atoms with Crippen molar-refractivity contribution in [2.24, 2.45) is 0 Å². The Hall–Kier alpha value is -0.540. The second-order valence-electron chi connectivity index (χ2n) is 2.16. The molecule has 0 fully saturated rings. The number of hydrogen-bond acceptors (Lipinski definition) is 1. The van der Waals surface area contributed by atoms with E-state index in [-0.39, 0.29) is 0 Å². The average Bonchev–Trinajstić information content (AvgIpc) is 2.45. The zero-order valence-corrected chi connectivity index (χ0v) is 7.78. The topological polar surface area (TPSA) is 28.7 Å². The fourth-order valence-corrected chi connectivity index (χ4v) is 1.62. The second-order valence-corrected chi connectivity index (χ2v) is 3.38. The van der Waals surface area contributed by atoms with Crippen molar-refractivity contribution in [2.75, 3.05) is 0 Å². The lowest BCUT2D eigenvalue weighted by molar-refractivity contribution is 1.34. The summed E-state index contributed by atoms with van der Waals surface area (Å²) < 4.78 is 0.932. The smallest absolute Gasteiger partial charge is 0.138 e. The SMILES string of the molecule is Clc1ncc(Br)c2[nH]ccc12. The van der Waals surface area contributed by atoms with Gasteiger partial charge >= 0.3 is 0 Å². The van der Waals surface area contributed by atoms with E-state index in [2.05, 4.69) is 25.9 Å². The number of aromatic amines is 1. The highest BCUT2D eigenvalue weighted by molar-refractivity contribution is 9.10. The van der Waals surface area contributed by atoms with Crippen LogP contribution < -0.4 is 0 Å². The first-order valence-corrected chi connectivity index (χ1v) is 4.23. The molecule has 0 bridgehead atoms. The van der Waals surface area contributed by atoms with Crippen LogP contribution in [0, 0.1) is 0 Å². The first kappa shape index (κ1) is 7.13. The minimum absolute atomic E-state index is 0.532. The molecule has 0 radical (unpaired) electrons. The second kappa shape index (κ2) is 2.50. The Balaban J connectivity index is 2.96. The van der Waals surface area contributed by atoms with Gasteiger partial charge < -0.3 is 4.98 Å². The minimum Gasteiger partial charge on any atom is -0.360 e. The van der Waals surface area contributed by atoms with Crippen LogP contribution in [0.2, 0.25) is 5.15 Å². The lowest BCUT2D eigenvalue weighted by atomic mass is 10.3. The average molecular weight is 231 g/mol. The van der Waals surface area contributed by atoms with E-state index in [9.17, 15) is 0 Å². The van der Waals surface area contributed by atoms with Crippen LogP contribution in [-0.4, -0.2) is 9.97 Å². The van der Waals surface area contributed by atoms with Gasteiger partial charge in [0.2, 0.25) is 0 Å². The molecule has 2 aromatic rings. The molecule has 2 heterocycles. The normalized spacial score (nSPS) is 10.7. The third kappa shape index (κ3) is 1.04. The van der Waals surface area contributed by atoms with Gasteiger partial charge in [-0.15, -0.1) is 0 Å². The van der Waals surface area contributed by atoms with Crippen LogP contribution in [0.3, 0.4) is 0 Å². The molecular weight excluding hydrogens is 227 g/mol. The Morgan fingerprint density at radius 2 is 2.36 bits per heavy atom. The van der Waals surface area contributed by atoms with Crippen LogP contribution in [0.4, 0.5) is 0 Å². The Kier molecular flexibility index (Phi) is 1.62. The number of halogens is 2. The predicted molar refractivity (Wildman–Crippen MR) is 48.8 cm³/mol. The summed E-state index contributed by atoms with van der Waals surface area (Å²) in [6, 6.07) is 1.90. The van der Waals surface area contributed by atoms with Gasteiger partial charge in [0.15, 0.2) is 0 Å². The molecule has 0 saturated heterocycles. The summed E-state index contributed by atoms with van der Waals surface area (Å²) in [4.78, 5) is 7.03. The maximum absolute atomic E-state index is 5.82. The van der Waals surface area contributed by atoms with Gasteiger partial charge in [-0.2, -0.15) is 0 Å². The molecular formula is C7H4BrClN2. The third-order valence-corrected chi connectivity index (χ3v) is 2.40. The van der Waals surface area contributed by atoms with E-state index in [1.54, 1.807) is 6.20 Å². The van der Waals surface area contributed by atoms with Crippen LogP contribution in [0.1, 0.15) is 0 Å². The first-order valence-electron chi connectivity index (χ1n) is 3.06. The third-order valence-electron chi connectivity index (χ3n) is 1.50. The largest absolute Gasteiger partial charge is 0.360 e. The molecule has 4 heteroatoms. The summed E-state index contributed by atoms with van der Waals surface area (Å²) in [5.41, 5.74) is 0.991. The van der Waals surface area contributed by atoms with Crippen molar-refractivity contribution in [3.63, 3.8) is 0 Å². The van der Waals surface area contributed by atoms with Crippen LogP contribution in [0.25, 0.3) is 10.9 Å². The summed E-state index contributed by atoms with van der Waals surface area (Å²) in [7, 11) is 0. The summed E-state index contributed by atoms with van der Waals surface area (Å²) in [6.07, 6.45) is 3.52. The van der Waals surface area contributed by atoms with Crippen molar-refractivity contribution in [3.8, 4) is 0 Å². The number of nitrogens with one attached hydrogen (secondary N) is 1. The summed E-state index contributed by atoms with van der Waals surface area (Å²) in [6.45, 7) is 0. The summed E-state index contributed by atoms with van der Waals surface area (Å²) in [5, 5.41) is 1.48. The molecule has 2 rings (SSSR count). The number of pyridine rings is 1. The zero-order chi connectivity index (χ0) is 7.84. The van der Waals surface area contributed by atoms with Crippen LogP contribution in [-0.2, 0) is 0 Å². The standard InChI is InChI=1S/C7H4BrClN2/c8-5-3-11-7(9)4-1-2-10-6(4)5/h1-3,10H. The predicted octanol–water partition coefficient (Wildman–Crippen LogP) is 2.98. The van der Waals surface area contributed by atoms with E-state index in [0.29, 0.717) is 5.15 Å². The maximum Gasteiger partial charge on any atom is 0.138 e. The van der Waals surface area contributed by atoms with Crippen LogP contribution >= 0.6 is 27.5 Å². The van der Waals surface area contributed by atoms with Gasteiger partial charge in [0.25, 0.3) is 0 Å². The lowest BCUT2D eigenvalue weighted by Gasteiger charge is -1.94. The molecule has 11 heavy (non-hydrogen) atoms. The zero-order valence-electron chi connectivity index (χ0n) is 5.44. The number of nitrogens with zero attached hydrogens (tertiary/aromatic N) is 1. The molecule has 1 N–H and O–H groups in total. The Morgan fingerprint density at radius 1 is 1.55 bits per heavy atom. The number of H-pyrrole nitrogens is 1. The van der Waals surface area contributed by atoms with Gasteiger partial charge in [-0.05, 0) is 22.0 Å². The highest BCUT2D eigenvalue weighted by Crippen LogP contribution is 2.26. The first-order chi connectivity index (χ1) is 5.29. The number of fused-ring (bicyclic) bond motifs is 1. The monoisotopic (exact) mass is 230 g/mol. The number of rotatable bonds is 0.